The average Bonchev–Trinajstić information content (AvgIpc) is 3.31. The van der Waals surface area contributed by atoms with Crippen molar-refractivity contribution >= 4 is 22.4 Å². The Morgan fingerprint density at radius 2 is 1.72 bits per heavy atom. The van der Waals surface area contributed by atoms with Crippen LogP contribution in [-0.4, -0.2) is 32.7 Å². The van der Waals surface area contributed by atoms with Crippen LogP contribution in [0.2, 0.25) is 0 Å². The van der Waals surface area contributed by atoms with E-state index in [1.807, 2.05) is 47.1 Å². The Kier molecular flexibility index (Phi) is 5.46. The summed E-state index contributed by atoms with van der Waals surface area (Å²) in [4.78, 5) is 21.2. The first-order valence-corrected chi connectivity index (χ1v) is 11.7. The smallest absolute Gasteiger partial charge is 0.337 e. The molecule has 4 aromatic heterocycles. The number of fused-ring (bicyclic) bond motifs is 2. The van der Waals surface area contributed by atoms with E-state index in [1.165, 1.54) is 18.2 Å². The Hall–Kier alpha value is -4.84. The molecule has 0 bridgehead atoms. The van der Waals surface area contributed by atoms with E-state index >= 15 is 0 Å². The number of hydrogen-bond donors (Lipinski definition) is 0. The van der Waals surface area contributed by atoms with Crippen LogP contribution in [0.15, 0.2) is 104 Å². The van der Waals surface area contributed by atoms with Crippen LogP contribution in [-0.2, 0) is 11.2 Å². The normalized spacial score (nSPS) is 11.1. The van der Waals surface area contributed by atoms with Gasteiger partial charge in [-0.05, 0) is 65.6 Å². The molecule has 0 saturated heterocycles. The minimum Gasteiger partial charge on any atom is -0.465 e. The molecule has 6 heteroatoms. The lowest BCUT2D eigenvalue weighted by Gasteiger charge is -2.09. The lowest BCUT2D eigenvalue weighted by atomic mass is 9.96. The van der Waals surface area contributed by atoms with E-state index in [-0.39, 0.29) is 5.97 Å². The number of methoxy groups -OCH3 is 1. The standard InChI is InChI=1S/C30H22N4O2/c1-36-30(35)22-10-11-23-24(12-15-32-26(23)19-22)28-27-18-21(17-20-7-3-2-4-8-20)13-16-34(27)33-29(28)25-9-5-6-14-31-25/h2-16,18-19H,17H2,1H3. The highest BCUT2D eigenvalue weighted by molar-refractivity contribution is 6.05. The van der Waals surface area contributed by atoms with Crippen LogP contribution >= 0.6 is 0 Å². The number of nitrogens with zero attached hydrogens (tertiary/aromatic N) is 4. The predicted octanol–water partition coefficient (Wildman–Crippen LogP) is 5.99. The Morgan fingerprint density at radius 3 is 2.53 bits per heavy atom. The van der Waals surface area contributed by atoms with E-state index < -0.39 is 0 Å². The summed E-state index contributed by atoms with van der Waals surface area (Å²) in [7, 11) is 1.38. The molecule has 0 unspecified atom stereocenters. The van der Waals surface area contributed by atoms with Crippen molar-refractivity contribution in [3.05, 3.63) is 120 Å². The van der Waals surface area contributed by atoms with Crippen molar-refractivity contribution in [2.75, 3.05) is 7.11 Å². The maximum Gasteiger partial charge on any atom is 0.337 e. The quantitative estimate of drug-likeness (QED) is 0.290. The second-order valence-corrected chi connectivity index (χ2v) is 8.55. The van der Waals surface area contributed by atoms with Crippen molar-refractivity contribution in [1.82, 2.24) is 19.6 Å². The molecule has 0 spiro atoms. The van der Waals surface area contributed by atoms with E-state index in [0.29, 0.717) is 11.1 Å². The number of aromatic nitrogens is 4. The van der Waals surface area contributed by atoms with Crippen LogP contribution in [0.5, 0.6) is 0 Å². The van der Waals surface area contributed by atoms with Gasteiger partial charge in [0.15, 0.2) is 0 Å². The van der Waals surface area contributed by atoms with E-state index in [4.69, 9.17) is 9.84 Å². The van der Waals surface area contributed by atoms with Gasteiger partial charge in [-0.1, -0.05) is 42.5 Å². The molecule has 0 aliphatic carbocycles. The molecule has 0 fully saturated rings. The highest BCUT2D eigenvalue weighted by Crippen LogP contribution is 2.38. The molecule has 6 nitrogen and oxygen atoms in total. The minimum atomic E-state index is -0.389. The fourth-order valence-electron chi connectivity index (χ4n) is 4.59. The van der Waals surface area contributed by atoms with Crippen LogP contribution in [0.4, 0.5) is 0 Å². The van der Waals surface area contributed by atoms with Crippen LogP contribution < -0.4 is 0 Å². The van der Waals surface area contributed by atoms with Crippen molar-refractivity contribution < 1.29 is 9.53 Å². The first-order valence-electron chi connectivity index (χ1n) is 11.7. The maximum absolute atomic E-state index is 12.1. The van der Waals surface area contributed by atoms with Gasteiger partial charge in [0, 0.05) is 29.5 Å². The largest absolute Gasteiger partial charge is 0.465 e. The molecule has 0 saturated carbocycles. The molecular formula is C30H22N4O2. The van der Waals surface area contributed by atoms with E-state index in [2.05, 4.69) is 46.4 Å². The Morgan fingerprint density at radius 1 is 0.861 bits per heavy atom. The third-order valence-corrected chi connectivity index (χ3v) is 6.29. The second kappa shape index (κ2) is 9.07. The summed E-state index contributed by atoms with van der Waals surface area (Å²) >= 11 is 0. The molecule has 0 N–H and O–H groups in total. The molecule has 36 heavy (non-hydrogen) atoms. The third-order valence-electron chi connectivity index (χ3n) is 6.29. The van der Waals surface area contributed by atoms with Crippen LogP contribution in [0.1, 0.15) is 21.5 Å². The molecule has 0 aliphatic heterocycles. The molecule has 0 atom stereocenters. The zero-order chi connectivity index (χ0) is 24.5. The number of pyridine rings is 3. The van der Waals surface area contributed by atoms with Crippen molar-refractivity contribution in [3.8, 4) is 22.5 Å². The Bertz CT molecular complexity index is 1710. The van der Waals surface area contributed by atoms with Crippen molar-refractivity contribution in [2.24, 2.45) is 0 Å². The summed E-state index contributed by atoms with van der Waals surface area (Å²) in [6.07, 6.45) is 6.36. The van der Waals surface area contributed by atoms with Gasteiger partial charge in [0.1, 0.15) is 5.69 Å². The van der Waals surface area contributed by atoms with Gasteiger partial charge < -0.3 is 4.74 Å². The van der Waals surface area contributed by atoms with Gasteiger partial charge in [-0.3, -0.25) is 9.97 Å². The van der Waals surface area contributed by atoms with Crippen molar-refractivity contribution in [3.63, 3.8) is 0 Å². The fourth-order valence-corrected chi connectivity index (χ4v) is 4.59. The number of carbonyl (C=O) groups is 1. The van der Waals surface area contributed by atoms with Crippen LogP contribution in [0.3, 0.4) is 0 Å². The molecule has 0 amide bonds. The number of carbonyl (C=O) groups excluding carboxylic acids is 1. The molecule has 6 rings (SSSR count). The van der Waals surface area contributed by atoms with Gasteiger partial charge in [-0.25, -0.2) is 9.31 Å². The highest BCUT2D eigenvalue weighted by atomic mass is 16.5. The topological polar surface area (TPSA) is 69.4 Å². The molecular weight excluding hydrogens is 448 g/mol. The zero-order valence-corrected chi connectivity index (χ0v) is 19.6. The van der Waals surface area contributed by atoms with Gasteiger partial charge in [0.25, 0.3) is 0 Å². The zero-order valence-electron chi connectivity index (χ0n) is 19.6. The number of benzene rings is 2. The summed E-state index contributed by atoms with van der Waals surface area (Å²) in [5.74, 6) is -0.389. The number of ether oxygens (including phenoxy) is 1. The maximum atomic E-state index is 12.1. The lowest BCUT2D eigenvalue weighted by Crippen LogP contribution is -2.01. The Balaban J connectivity index is 1.59. The molecule has 0 aliphatic rings. The second-order valence-electron chi connectivity index (χ2n) is 8.55. The highest BCUT2D eigenvalue weighted by Gasteiger charge is 2.20. The van der Waals surface area contributed by atoms with Crippen LogP contribution in [0, 0.1) is 0 Å². The summed E-state index contributed by atoms with van der Waals surface area (Å²) in [6.45, 7) is 0. The molecule has 4 heterocycles. The molecule has 0 radical (unpaired) electrons. The number of esters is 1. The van der Waals surface area contributed by atoms with Gasteiger partial charge in [0.05, 0.1) is 29.4 Å². The first-order chi connectivity index (χ1) is 17.7. The summed E-state index contributed by atoms with van der Waals surface area (Å²) in [5.41, 5.74) is 8.12. The number of rotatable bonds is 5. The van der Waals surface area contributed by atoms with Gasteiger partial charge in [0.2, 0.25) is 0 Å². The molecule has 2 aromatic carbocycles. The van der Waals surface area contributed by atoms with Gasteiger partial charge >= 0.3 is 5.97 Å². The predicted molar refractivity (Wildman–Crippen MR) is 140 cm³/mol. The Labute approximate surface area is 207 Å². The van der Waals surface area contributed by atoms with Crippen molar-refractivity contribution in [1.29, 1.82) is 0 Å². The molecule has 174 valence electrons. The monoisotopic (exact) mass is 470 g/mol. The summed E-state index contributed by atoms with van der Waals surface area (Å²) in [6, 6.07) is 28.0. The fraction of sp³-hybridized carbons (Fsp3) is 0.0667. The summed E-state index contributed by atoms with van der Waals surface area (Å²) < 4.78 is 6.80. The lowest BCUT2D eigenvalue weighted by molar-refractivity contribution is 0.0601. The molecule has 6 aromatic rings. The van der Waals surface area contributed by atoms with Crippen LogP contribution in [0.25, 0.3) is 38.9 Å². The average molecular weight is 471 g/mol. The third kappa shape index (κ3) is 3.88. The summed E-state index contributed by atoms with van der Waals surface area (Å²) in [5, 5.41) is 5.85. The van der Waals surface area contributed by atoms with E-state index in [9.17, 15) is 4.79 Å². The number of hydrogen-bond acceptors (Lipinski definition) is 5. The van der Waals surface area contributed by atoms with Gasteiger partial charge in [-0.15, -0.1) is 0 Å². The first kappa shape index (κ1) is 21.7. The minimum absolute atomic E-state index is 0.389. The van der Waals surface area contributed by atoms with E-state index in [0.717, 1.165) is 39.8 Å². The SMILES string of the molecule is COC(=O)c1ccc2c(-c3c(-c4ccccn4)nn4ccc(Cc5ccccc5)cc34)ccnc2c1. The van der Waals surface area contributed by atoms with E-state index in [1.54, 1.807) is 24.5 Å². The van der Waals surface area contributed by atoms with Gasteiger partial charge in [-0.2, -0.15) is 5.10 Å². The van der Waals surface area contributed by atoms with Crippen molar-refractivity contribution in [2.45, 2.75) is 6.42 Å².